The lowest BCUT2D eigenvalue weighted by Crippen LogP contribution is -2.30. The molecule has 0 rings (SSSR count). The van der Waals surface area contributed by atoms with Gasteiger partial charge in [-0.25, -0.2) is 0 Å². The standard InChI is InChI=1S/C44H84O6/c1-5-8-10-12-14-16-18-19-21-23-28-32-36-43(46)49-39-41(50-44(47)37-33-29-25-24-26-30-34-40(4)7-3)38-48-42(45)35-31-27-22-20-17-15-13-11-9-6-2/h40-41H,5-39H2,1-4H3/t40?,41-/m0/s1. The molecule has 0 aromatic rings. The molecule has 0 aliphatic carbocycles. The van der Waals surface area contributed by atoms with Crippen LogP contribution in [0.15, 0.2) is 0 Å². The molecule has 0 saturated carbocycles. The maximum atomic E-state index is 12.7. The van der Waals surface area contributed by atoms with E-state index in [1.54, 1.807) is 0 Å². The van der Waals surface area contributed by atoms with Crippen molar-refractivity contribution in [3.05, 3.63) is 0 Å². The van der Waals surface area contributed by atoms with Crippen LogP contribution in [0.25, 0.3) is 0 Å². The molecule has 0 spiro atoms. The van der Waals surface area contributed by atoms with Crippen LogP contribution in [0.2, 0.25) is 0 Å². The van der Waals surface area contributed by atoms with E-state index in [1.165, 1.54) is 135 Å². The topological polar surface area (TPSA) is 78.9 Å². The van der Waals surface area contributed by atoms with Gasteiger partial charge >= 0.3 is 17.9 Å². The highest BCUT2D eigenvalue weighted by atomic mass is 16.6. The summed E-state index contributed by atoms with van der Waals surface area (Å²) in [5.74, 6) is -0.0511. The Morgan fingerprint density at radius 3 is 1.04 bits per heavy atom. The molecule has 0 N–H and O–H groups in total. The van der Waals surface area contributed by atoms with E-state index in [9.17, 15) is 14.4 Å². The Balaban J connectivity index is 4.34. The van der Waals surface area contributed by atoms with E-state index in [0.717, 1.165) is 63.7 Å². The van der Waals surface area contributed by atoms with Crippen LogP contribution in [0.5, 0.6) is 0 Å². The first-order valence-electron chi connectivity index (χ1n) is 21.9. The molecule has 0 aromatic heterocycles. The van der Waals surface area contributed by atoms with Gasteiger partial charge in [0.15, 0.2) is 6.10 Å². The van der Waals surface area contributed by atoms with Crippen molar-refractivity contribution >= 4 is 17.9 Å². The second kappa shape index (κ2) is 38.6. The van der Waals surface area contributed by atoms with Crippen molar-refractivity contribution in [1.29, 1.82) is 0 Å². The number of ether oxygens (including phenoxy) is 3. The molecule has 0 bridgehead atoms. The van der Waals surface area contributed by atoms with Crippen LogP contribution in [-0.4, -0.2) is 37.2 Å². The van der Waals surface area contributed by atoms with Crippen molar-refractivity contribution in [3.8, 4) is 0 Å². The Bertz CT molecular complexity index is 753. The number of carbonyl (C=O) groups excluding carboxylic acids is 3. The molecule has 0 saturated heterocycles. The second-order valence-electron chi connectivity index (χ2n) is 15.2. The highest BCUT2D eigenvalue weighted by Gasteiger charge is 2.19. The van der Waals surface area contributed by atoms with Crippen molar-refractivity contribution in [2.75, 3.05) is 13.2 Å². The number of hydrogen-bond acceptors (Lipinski definition) is 6. The van der Waals surface area contributed by atoms with E-state index < -0.39 is 6.10 Å². The largest absolute Gasteiger partial charge is 0.462 e. The minimum Gasteiger partial charge on any atom is -0.462 e. The van der Waals surface area contributed by atoms with E-state index in [2.05, 4.69) is 27.7 Å². The van der Waals surface area contributed by atoms with Crippen molar-refractivity contribution in [2.24, 2.45) is 5.92 Å². The average molecular weight is 709 g/mol. The molecular weight excluding hydrogens is 624 g/mol. The van der Waals surface area contributed by atoms with Gasteiger partial charge in [-0.15, -0.1) is 0 Å². The molecular formula is C44H84O6. The molecule has 0 aromatic carbocycles. The smallest absolute Gasteiger partial charge is 0.306 e. The van der Waals surface area contributed by atoms with Crippen molar-refractivity contribution in [1.82, 2.24) is 0 Å². The van der Waals surface area contributed by atoms with Crippen LogP contribution in [0.4, 0.5) is 0 Å². The zero-order valence-electron chi connectivity index (χ0n) is 33.9. The third kappa shape index (κ3) is 36.2. The summed E-state index contributed by atoms with van der Waals surface area (Å²) in [7, 11) is 0. The summed E-state index contributed by atoms with van der Waals surface area (Å²) in [6.45, 7) is 8.94. The van der Waals surface area contributed by atoms with Crippen LogP contribution in [0.1, 0.15) is 240 Å². The zero-order chi connectivity index (χ0) is 36.8. The fraction of sp³-hybridized carbons (Fsp3) is 0.932. The third-order valence-corrected chi connectivity index (χ3v) is 10.2. The van der Waals surface area contributed by atoms with Gasteiger partial charge < -0.3 is 14.2 Å². The van der Waals surface area contributed by atoms with E-state index in [4.69, 9.17) is 14.2 Å². The molecule has 6 nitrogen and oxygen atoms in total. The summed E-state index contributed by atoms with van der Waals surface area (Å²) in [5.41, 5.74) is 0. The molecule has 0 aliphatic rings. The van der Waals surface area contributed by atoms with E-state index >= 15 is 0 Å². The number of rotatable bonds is 39. The maximum absolute atomic E-state index is 12.7. The van der Waals surface area contributed by atoms with Gasteiger partial charge in [0, 0.05) is 19.3 Å². The monoisotopic (exact) mass is 709 g/mol. The first kappa shape index (κ1) is 48.4. The van der Waals surface area contributed by atoms with Gasteiger partial charge in [0.25, 0.3) is 0 Å². The van der Waals surface area contributed by atoms with Crippen molar-refractivity contribution < 1.29 is 28.6 Å². The van der Waals surface area contributed by atoms with Gasteiger partial charge in [-0.1, -0.05) is 201 Å². The summed E-state index contributed by atoms with van der Waals surface area (Å²) in [6, 6.07) is 0. The Kier molecular flexibility index (Phi) is 37.4. The van der Waals surface area contributed by atoms with E-state index in [0.29, 0.717) is 19.3 Å². The van der Waals surface area contributed by atoms with Gasteiger partial charge in [-0.2, -0.15) is 0 Å². The lowest BCUT2D eigenvalue weighted by molar-refractivity contribution is -0.167. The minimum absolute atomic E-state index is 0.0649. The maximum Gasteiger partial charge on any atom is 0.306 e. The lowest BCUT2D eigenvalue weighted by Gasteiger charge is -2.18. The predicted octanol–water partition coefficient (Wildman–Crippen LogP) is 13.6. The molecule has 2 atom stereocenters. The molecule has 0 radical (unpaired) electrons. The molecule has 0 aliphatic heterocycles. The van der Waals surface area contributed by atoms with E-state index in [1.807, 2.05) is 0 Å². The lowest BCUT2D eigenvalue weighted by atomic mass is 10.00. The number of hydrogen-bond donors (Lipinski definition) is 0. The summed E-state index contributed by atoms with van der Waals surface area (Å²) in [4.78, 5) is 37.6. The first-order valence-corrected chi connectivity index (χ1v) is 21.9. The molecule has 296 valence electrons. The van der Waals surface area contributed by atoms with Crippen LogP contribution < -0.4 is 0 Å². The Hall–Kier alpha value is -1.59. The average Bonchev–Trinajstić information content (AvgIpc) is 3.11. The third-order valence-electron chi connectivity index (χ3n) is 10.2. The second-order valence-corrected chi connectivity index (χ2v) is 15.2. The predicted molar refractivity (Wildman–Crippen MR) is 210 cm³/mol. The zero-order valence-corrected chi connectivity index (χ0v) is 33.9. The number of unbranched alkanes of at least 4 members (excludes halogenated alkanes) is 25. The van der Waals surface area contributed by atoms with Crippen molar-refractivity contribution in [2.45, 2.75) is 246 Å². The first-order chi connectivity index (χ1) is 24.4. The Morgan fingerprint density at radius 2 is 0.700 bits per heavy atom. The van der Waals surface area contributed by atoms with Crippen molar-refractivity contribution in [3.63, 3.8) is 0 Å². The van der Waals surface area contributed by atoms with Crippen LogP contribution in [0, 0.1) is 5.92 Å². The highest BCUT2D eigenvalue weighted by molar-refractivity contribution is 5.71. The minimum atomic E-state index is -0.759. The molecule has 0 amide bonds. The van der Waals surface area contributed by atoms with Gasteiger partial charge in [0.2, 0.25) is 0 Å². The summed E-state index contributed by atoms with van der Waals surface area (Å²) >= 11 is 0. The van der Waals surface area contributed by atoms with Gasteiger partial charge in [-0.05, 0) is 25.2 Å². The highest BCUT2D eigenvalue weighted by Crippen LogP contribution is 2.16. The summed E-state index contributed by atoms with van der Waals surface area (Å²) in [6.07, 6.45) is 36.5. The SMILES string of the molecule is CCCCCCCCCCCCCCC(=O)OC[C@H](COC(=O)CCCCCCCCCCCC)OC(=O)CCCCCCCCC(C)CC. The molecule has 1 unspecified atom stereocenters. The normalized spacial score (nSPS) is 12.5. The molecule has 6 heteroatoms. The fourth-order valence-electron chi connectivity index (χ4n) is 6.42. The fourth-order valence-corrected chi connectivity index (χ4v) is 6.42. The molecule has 0 fully saturated rings. The summed E-state index contributed by atoms with van der Waals surface area (Å²) < 4.78 is 16.7. The number of esters is 3. The quantitative estimate of drug-likeness (QED) is 0.0359. The summed E-state index contributed by atoms with van der Waals surface area (Å²) in [5, 5.41) is 0. The van der Waals surface area contributed by atoms with Gasteiger partial charge in [0.05, 0.1) is 0 Å². The van der Waals surface area contributed by atoms with E-state index in [-0.39, 0.29) is 31.1 Å². The Morgan fingerprint density at radius 1 is 0.400 bits per heavy atom. The van der Waals surface area contributed by atoms with Gasteiger partial charge in [0.1, 0.15) is 13.2 Å². The van der Waals surface area contributed by atoms with Gasteiger partial charge in [-0.3, -0.25) is 14.4 Å². The molecule has 0 heterocycles. The van der Waals surface area contributed by atoms with Crippen LogP contribution >= 0.6 is 0 Å². The number of carbonyl (C=O) groups is 3. The molecule has 50 heavy (non-hydrogen) atoms. The Labute approximate surface area is 310 Å². The van der Waals surface area contributed by atoms with Crippen LogP contribution in [-0.2, 0) is 28.6 Å². The van der Waals surface area contributed by atoms with Crippen LogP contribution in [0.3, 0.4) is 0 Å².